The summed E-state index contributed by atoms with van der Waals surface area (Å²) in [5.41, 5.74) is 6.16. The third-order valence-electron chi connectivity index (χ3n) is 3.13. The summed E-state index contributed by atoms with van der Waals surface area (Å²) < 4.78 is 10.4. The summed E-state index contributed by atoms with van der Waals surface area (Å²) in [7, 11) is 0. The van der Waals surface area contributed by atoms with E-state index in [1.165, 1.54) is 6.26 Å². The Morgan fingerprint density at radius 3 is 2.76 bits per heavy atom. The molecule has 1 heterocycles. The molecule has 0 bridgehead atoms. The molecule has 136 valence electrons. The van der Waals surface area contributed by atoms with E-state index in [4.69, 9.17) is 14.9 Å². The van der Waals surface area contributed by atoms with Crippen LogP contribution >= 0.6 is 12.4 Å². The van der Waals surface area contributed by atoms with Gasteiger partial charge in [0.05, 0.1) is 6.26 Å². The van der Waals surface area contributed by atoms with Crippen LogP contribution in [0.5, 0.6) is 5.75 Å². The number of halogens is 1. The fraction of sp³-hybridized carbons (Fsp3) is 0.294. The normalized spacial score (nSPS) is 11.1. The van der Waals surface area contributed by atoms with E-state index in [-0.39, 0.29) is 42.6 Å². The molecule has 0 fully saturated rings. The second kappa shape index (κ2) is 10.4. The molecule has 0 aliphatic heterocycles. The predicted octanol–water partition coefficient (Wildman–Crippen LogP) is 2.19. The van der Waals surface area contributed by atoms with Gasteiger partial charge in [0.25, 0.3) is 11.8 Å². The van der Waals surface area contributed by atoms with E-state index in [2.05, 4.69) is 10.6 Å². The molecule has 0 saturated carbocycles. The zero-order valence-corrected chi connectivity index (χ0v) is 14.7. The fourth-order valence-corrected chi connectivity index (χ4v) is 1.90. The van der Waals surface area contributed by atoms with Crippen LogP contribution in [0.1, 0.15) is 23.9 Å². The zero-order valence-electron chi connectivity index (χ0n) is 13.9. The third-order valence-corrected chi connectivity index (χ3v) is 3.13. The molecule has 0 aliphatic rings. The van der Waals surface area contributed by atoms with Gasteiger partial charge in [-0.15, -0.1) is 12.4 Å². The Hall–Kier alpha value is -2.51. The minimum absolute atomic E-state index is 0. The van der Waals surface area contributed by atoms with Crippen LogP contribution in [-0.2, 0) is 4.79 Å². The largest absolute Gasteiger partial charge is 0.484 e. The lowest BCUT2D eigenvalue weighted by Crippen LogP contribution is -2.32. The zero-order chi connectivity index (χ0) is 17.4. The molecule has 8 heteroatoms. The topological polar surface area (TPSA) is 107 Å². The highest BCUT2D eigenvalue weighted by Gasteiger charge is 2.09. The van der Waals surface area contributed by atoms with Gasteiger partial charge in [0.1, 0.15) is 5.75 Å². The first kappa shape index (κ1) is 20.5. The summed E-state index contributed by atoms with van der Waals surface area (Å²) in [4.78, 5) is 23.6. The molecule has 2 amide bonds. The van der Waals surface area contributed by atoms with Crippen molar-refractivity contribution in [3.05, 3.63) is 48.4 Å². The van der Waals surface area contributed by atoms with E-state index >= 15 is 0 Å². The smallest absolute Gasteiger partial charge is 0.291 e. The quantitative estimate of drug-likeness (QED) is 0.663. The molecular formula is C17H22ClN3O4. The van der Waals surface area contributed by atoms with E-state index in [9.17, 15) is 9.59 Å². The van der Waals surface area contributed by atoms with Crippen molar-refractivity contribution >= 4 is 29.9 Å². The number of nitrogens with one attached hydrogen (secondary N) is 2. The number of ether oxygens (including phenoxy) is 1. The lowest BCUT2D eigenvalue weighted by Gasteiger charge is -2.10. The summed E-state index contributed by atoms with van der Waals surface area (Å²) in [5, 5.41) is 5.42. The Morgan fingerprint density at radius 2 is 2.08 bits per heavy atom. The van der Waals surface area contributed by atoms with Gasteiger partial charge in [-0.3, -0.25) is 9.59 Å². The molecule has 0 spiro atoms. The summed E-state index contributed by atoms with van der Waals surface area (Å²) in [6.45, 7) is 2.29. The predicted molar refractivity (Wildman–Crippen MR) is 97.1 cm³/mol. The Morgan fingerprint density at radius 1 is 1.28 bits per heavy atom. The van der Waals surface area contributed by atoms with E-state index < -0.39 is 0 Å². The van der Waals surface area contributed by atoms with Gasteiger partial charge in [0, 0.05) is 24.3 Å². The summed E-state index contributed by atoms with van der Waals surface area (Å²) in [5.74, 6) is 0.121. The second-order valence-corrected chi connectivity index (χ2v) is 5.36. The van der Waals surface area contributed by atoms with Gasteiger partial charge in [-0.25, -0.2) is 0 Å². The van der Waals surface area contributed by atoms with Crippen LogP contribution in [0.2, 0.25) is 0 Å². The first-order valence-corrected chi connectivity index (χ1v) is 7.64. The summed E-state index contributed by atoms with van der Waals surface area (Å²) in [6, 6.07) is 10.0. The monoisotopic (exact) mass is 367 g/mol. The minimum atomic E-state index is -0.356. The molecule has 25 heavy (non-hydrogen) atoms. The molecule has 0 radical (unpaired) electrons. The van der Waals surface area contributed by atoms with Gasteiger partial charge in [0.2, 0.25) is 0 Å². The number of benzene rings is 1. The SMILES string of the molecule is CC(N)CCNC(=O)COc1cccc(NC(=O)c2ccco2)c1.Cl. The van der Waals surface area contributed by atoms with E-state index in [1.54, 1.807) is 36.4 Å². The average Bonchev–Trinajstić information content (AvgIpc) is 3.07. The number of nitrogens with two attached hydrogens (primary N) is 1. The molecular weight excluding hydrogens is 346 g/mol. The van der Waals surface area contributed by atoms with Crippen molar-refractivity contribution in [3.63, 3.8) is 0 Å². The number of anilines is 1. The second-order valence-electron chi connectivity index (χ2n) is 5.36. The lowest BCUT2D eigenvalue weighted by molar-refractivity contribution is -0.123. The molecule has 0 aliphatic carbocycles. The standard InChI is InChI=1S/C17H21N3O4.ClH/c1-12(18)7-8-19-16(21)11-24-14-5-2-4-13(10-14)20-17(22)15-6-3-9-23-15;/h2-6,9-10,12H,7-8,11,18H2,1H3,(H,19,21)(H,20,22);1H. The highest BCUT2D eigenvalue weighted by Crippen LogP contribution is 2.18. The first-order chi connectivity index (χ1) is 11.5. The van der Waals surface area contributed by atoms with Crippen molar-refractivity contribution in [3.8, 4) is 5.75 Å². The van der Waals surface area contributed by atoms with Crippen LogP contribution in [0.25, 0.3) is 0 Å². The maximum Gasteiger partial charge on any atom is 0.291 e. The van der Waals surface area contributed by atoms with Crippen molar-refractivity contribution < 1.29 is 18.7 Å². The van der Waals surface area contributed by atoms with E-state index in [0.717, 1.165) is 0 Å². The minimum Gasteiger partial charge on any atom is -0.484 e. The van der Waals surface area contributed by atoms with E-state index in [1.807, 2.05) is 6.92 Å². The Kier molecular flexibility index (Phi) is 8.52. The number of hydrogen-bond acceptors (Lipinski definition) is 5. The van der Waals surface area contributed by atoms with E-state index in [0.29, 0.717) is 24.4 Å². The van der Waals surface area contributed by atoms with Crippen LogP contribution in [0, 0.1) is 0 Å². The number of furan rings is 1. The first-order valence-electron chi connectivity index (χ1n) is 7.64. The molecule has 2 aromatic rings. The van der Waals surface area contributed by atoms with Gasteiger partial charge in [-0.1, -0.05) is 6.07 Å². The molecule has 1 unspecified atom stereocenters. The van der Waals surface area contributed by atoms with Crippen LogP contribution in [0.4, 0.5) is 5.69 Å². The Bertz CT molecular complexity index is 674. The highest BCUT2D eigenvalue weighted by atomic mass is 35.5. The van der Waals surface area contributed by atoms with Gasteiger partial charge < -0.3 is 25.5 Å². The maximum absolute atomic E-state index is 11.9. The fourth-order valence-electron chi connectivity index (χ4n) is 1.90. The molecule has 1 aromatic carbocycles. The van der Waals surface area contributed by atoms with Crippen LogP contribution in [0.3, 0.4) is 0 Å². The van der Waals surface area contributed by atoms with Crippen molar-refractivity contribution in [2.75, 3.05) is 18.5 Å². The number of rotatable bonds is 8. The van der Waals surface area contributed by atoms with Crippen molar-refractivity contribution in [1.82, 2.24) is 5.32 Å². The Labute approximate surface area is 152 Å². The molecule has 0 saturated heterocycles. The lowest BCUT2D eigenvalue weighted by atomic mass is 10.2. The maximum atomic E-state index is 11.9. The number of carbonyl (C=O) groups excluding carboxylic acids is 2. The summed E-state index contributed by atoms with van der Waals surface area (Å²) in [6.07, 6.45) is 2.14. The van der Waals surface area contributed by atoms with Gasteiger partial charge in [0.15, 0.2) is 12.4 Å². The molecule has 2 rings (SSSR count). The Balaban J connectivity index is 0.00000312. The molecule has 4 N–H and O–H groups in total. The molecule has 1 atom stereocenters. The number of amides is 2. The van der Waals surface area contributed by atoms with Gasteiger partial charge in [-0.05, 0) is 37.6 Å². The van der Waals surface area contributed by atoms with Gasteiger partial charge in [-0.2, -0.15) is 0 Å². The van der Waals surface area contributed by atoms with Crippen LogP contribution in [0.15, 0.2) is 47.1 Å². The van der Waals surface area contributed by atoms with Crippen molar-refractivity contribution in [1.29, 1.82) is 0 Å². The summed E-state index contributed by atoms with van der Waals surface area (Å²) >= 11 is 0. The van der Waals surface area contributed by atoms with Crippen LogP contribution < -0.4 is 21.1 Å². The molecule has 1 aromatic heterocycles. The van der Waals surface area contributed by atoms with Crippen molar-refractivity contribution in [2.24, 2.45) is 5.73 Å². The molecule has 7 nitrogen and oxygen atoms in total. The van der Waals surface area contributed by atoms with Crippen LogP contribution in [-0.4, -0.2) is 31.0 Å². The highest BCUT2D eigenvalue weighted by molar-refractivity contribution is 6.02. The van der Waals surface area contributed by atoms with Crippen molar-refractivity contribution in [2.45, 2.75) is 19.4 Å². The average molecular weight is 368 g/mol. The van der Waals surface area contributed by atoms with Gasteiger partial charge >= 0.3 is 0 Å². The number of hydrogen-bond donors (Lipinski definition) is 3. The third kappa shape index (κ3) is 7.28. The number of carbonyl (C=O) groups is 2.